The minimum Gasteiger partial charge on any atom is -0.276 e. The molecule has 206 valence electrons. The van der Waals surface area contributed by atoms with Gasteiger partial charge in [0.05, 0.1) is 48.6 Å². The number of hydrogen-bond donors (Lipinski definition) is 0. The van der Waals surface area contributed by atoms with E-state index in [2.05, 4.69) is 15.0 Å². The first kappa shape index (κ1) is 10.8. The summed E-state index contributed by atoms with van der Waals surface area (Å²) in [5, 5.41) is -1.09. The van der Waals surface area contributed by atoms with Crippen molar-refractivity contribution in [2.24, 2.45) is 0 Å². The molecule has 3 heterocycles. The maximum Gasteiger partial charge on any atom is 0.238 e. The van der Waals surface area contributed by atoms with Crippen molar-refractivity contribution in [3.05, 3.63) is 145 Å². The van der Waals surface area contributed by atoms with Crippen molar-refractivity contribution in [3.63, 3.8) is 0 Å². The molecule has 0 radical (unpaired) electrons. The van der Waals surface area contributed by atoms with E-state index in [1.807, 2.05) is 0 Å². The van der Waals surface area contributed by atoms with Crippen molar-refractivity contribution in [2.75, 3.05) is 0 Å². The predicted octanol–water partition coefficient (Wildman–Crippen LogP) is 10.3. The molecule has 0 aliphatic rings. The third-order valence-corrected chi connectivity index (χ3v) is 7.72. The van der Waals surface area contributed by atoms with E-state index in [9.17, 15) is 5.48 Å². The Balaban J connectivity index is 1.56. The fourth-order valence-electron chi connectivity index (χ4n) is 4.77. The number of hydrogen-bond acceptors (Lipinski definition) is 4. The Kier molecular flexibility index (Phi) is 2.45. The van der Waals surface area contributed by atoms with Gasteiger partial charge in [0.2, 0.25) is 5.95 Å². The highest BCUT2D eigenvalue weighted by molar-refractivity contribution is 7.26. The molecule has 9 aromatic rings. The van der Waals surface area contributed by atoms with Crippen molar-refractivity contribution >= 4 is 53.3 Å². The SMILES string of the molecule is [2H]c1c([2H])c([2H])c(-c2nc(-c3c([2H])c([2H])c([2H])c(-c4c([2H])c([2H])c([2H])c([2H])c4[2H])c3[2H])nc(-n3c4c([2H])c([2H])c([2H])c([2H])c4c4c([2H])c([2H])c5c(sc6c([2H])c([2H])c([2H])c([2H])c65)c43)n2)c([2H])c1[2H]. The highest BCUT2D eigenvalue weighted by atomic mass is 32.1. The first-order valence-electron chi connectivity index (χ1n) is 24.7. The fraction of sp³-hybridized carbons (Fsp3) is 0. The molecule has 6 aromatic carbocycles. The van der Waals surface area contributed by atoms with Crippen LogP contribution in [0.5, 0.6) is 0 Å². The third-order valence-electron chi connectivity index (χ3n) is 6.61. The number of thiophene rings is 1. The van der Waals surface area contributed by atoms with E-state index in [0.29, 0.717) is 11.3 Å². The molecule has 0 fully saturated rings. The molecular formula is C39H24N4S. The van der Waals surface area contributed by atoms with Gasteiger partial charge in [-0.25, -0.2) is 4.98 Å². The van der Waals surface area contributed by atoms with E-state index in [1.165, 1.54) is 0 Å². The molecule has 0 atom stereocenters. The van der Waals surface area contributed by atoms with Gasteiger partial charge in [0.15, 0.2) is 11.6 Å². The average Bonchev–Trinajstić information content (AvgIpc) is 3.89. The molecule has 4 nitrogen and oxygen atoms in total. The molecule has 3 aromatic heterocycles. The molecule has 0 aliphatic carbocycles. The summed E-state index contributed by atoms with van der Waals surface area (Å²) in [6.07, 6.45) is 0. The lowest BCUT2D eigenvalue weighted by Gasteiger charge is -2.12. The third kappa shape index (κ3) is 3.94. The Hall–Kier alpha value is -5.65. The van der Waals surface area contributed by atoms with E-state index in [1.54, 1.807) is 0 Å². The average molecular weight is 605 g/mol. The van der Waals surface area contributed by atoms with Crippen LogP contribution in [0.4, 0.5) is 0 Å². The zero-order valence-corrected chi connectivity index (χ0v) is 22.5. The monoisotopic (exact) mass is 604 g/mol. The van der Waals surface area contributed by atoms with Gasteiger partial charge >= 0.3 is 0 Å². The quantitative estimate of drug-likeness (QED) is 0.201. The van der Waals surface area contributed by atoms with Crippen molar-refractivity contribution in [2.45, 2.75) is 0 Å². The fourth-order valence-corrected chi connectivity index (χ4v) is 5.88. The summed E-state index contributed by atoms with van der Waals surface area (Å²) >= 11 is 0.709. The van der Waals surface area contributed by atoms with Crippen LogP contribution in [0.2, 0.25) is 0 Å². The second-order valence-electron chi connectivity index (χ2n) is 9.08. The Labute approximate surface area is 291 Å². The van der Waals surface area contributed by atoms with Gasteiger partial charge in [-0.1, -0.05) is 127 Å². The normalized spacial score (nSPS) is 19.3. The van der Waals surface area contributed by atoms with E-state index in [-0.39, 0.29) is 36.5 Å². The zero-order valence-electron chi connectivity index (χ0n) is 45.7. The number of benzene rings is 6. The van der Waals surface area contributed by atoms with Gasteiger partial charge in [-0.15, -0.1) is 11.3 Å². The van der Waals surface area contributed by atoms with E-state index < -0.39 is 190 Å². The van der Waals surface area contributed by atoms with Crippen molar-refractivity contribution in [1.82, 2.24) is 19.5 Å². The molecule has 0 aliphatic heterocycles. The van der Waals surface area contributed by atoms with Crippen LogP contribution in [0.15, 0.2) is 145 Å². The van der Waals surface area contributed by atoms with E-state index >= 15 is 0 Å². The van der Waals surface area contributed by atoms with Crippen LogP contribution in [-0.4, -0.2) is 19.5 Å². The molecule has 0 bridgehead atoms. The number of aromatic nitrogens is 4. The lowest BCUT2D eigenvalue weighted by Crippen LogP contribution is -2.06. The Bertz CT molecular complexity index is 3810. The molecule has 0 saturated carbocycles. The van der Waals surface area contributed by atoms with Crippen molar-refractivity contribution in [3.8, 4) is 39.9 Å². The maximum atomic E-state index is 9.43. The zero-order chi connectivity index (χ0) is 49.9. The highest BCUT2D eigenvalue weighted by Gasteiger charge is 2.21. The van der Waals surface area contributed by atoms with Gasteiger partial charge in [0, 0.05) is 37.4 Å². The molecule has 44 heavy (non-hydrogen) atoms. The van der Waals surface area contributed by atoms with Crippen molar-refractivity contribution < 1.29 is 32.9 Å². The predicted molar refractivity (Wildman–Crippen MR) is 183 cm³/mol. The first-order chi connectivity index (χ1) is 31.8. The van der Waals surface area contributed by atoms with Crippen LogP contribution in [0, 0.1) is 0 Å². The van der Waals surface area contributed by atoms with Gasteiger partial charge in [0.1, 0.15) is 0 Å². The standard InChI is InChI=1S/C39H24N4S/c1-3-12-25(13-4-1)27-16-11-17-28(24-27)38-40-37(26-14-5-2-6-15-26)41-39(42-38)43-33-20-9-7-18-29(33)31-22-23-32-30-19-8-10-21-34(30)44-36(32)35(31)43/h1-24H/i1D,2D,3D,4D,5D,6D,7D,8D,9D,10D,11D,12D,13D,14D,15D,16D,17D,18D,19D,20D,21D,22D,23D,24D. The van der Waals surface area contributed by atoms with Crippen LogP contribution in [0.1, 0.15) is 32.9 Å². The van der Waals surface area contributed by atoms with E-state index in [4.69, 9.17) is 27.4 Å². The summed E-state index contributed by atoms with van der Waals surface area (Å²) < 4.78 is 210. The Morgan fingerprint density at radius 3 is 1.91 bits per heavy atom. The van der Waals surface area contributed by atoms with Crippen LogP contribution >= 0.6 is 11.3 Å². The second kappa shape index (κ2) is 9.97. The maximum absolute atomic E-state index is 9.43. The summed E-state index contributed by atoms with van der Waals surface area (Å²) in [6, 6.07) is -19.3. The largest absolute Gasteiger partial charge is 0.276 e. The van der Waals surface area contributed by atoms with Gasteiger partial charge in [-0.2, -0.15) is 9.97 Å². The van der Waals surface area contributed by atoms with Crippen LogP contribution in [0.3, 0.4) is 0 Å². The smallest absolute Gasteiger partial charge is 0.238 e. The first-order valence-corrected chi connectivity index (χ1v) is 13.5. The number of para-hydroxylation sites is 1. The topological polar surface area (TPSA) is 43.6 Å². The Morgan fingerprint density at radius 2 is 1.09 bits per heavy atom. The van der Waals surface area contributed by atoms with E-state index in [0.717, 1.165) is 4.57 Å². The summed E-state index contributed by atoms with van der Waals surface area (Å²) in [4.78, 5) is 13.4. The summed E-state index contributed by atoms with van der Waals surface area (Å²) in [5.41, 5.74) is -3.70. The summed E-state index contributed by atoms with van der Waals surface area (Å²) in [6.45, 7) is 0. The van der Waals surface area contributed by atoms with Gasteiger partial charge < -0.3 is 0 Å². The minimum absolute atomic E-state index is 0.0831. The number of nitrogens with zero attached hydrogens (tertiary/aromatic N) is 4. The molecule has 0 unspecified atom stereocenters. The lowest BCUT2D eigenvalue weighted by molar-refractivity contribution is 0.955. The number of fused-ring (bicyclic) bond motifs is 7. The molecule has 0 N–H and O–H groups in total. The molecule has 5 heteroatoms. The molecule has 0 saturated heterocycles. The van der Waals surface area contributed by atoms with Gasteiger partial charge in [-0.3, -0.25) is 4.57 Å². The van der Waals surface area contributed by atoms with Crippen LogP contribution in [0.25, 0.3) is 81.8 Å². The van der Waals surface area contributed by atoms with Gasteiger partial charge in [-0.05, 0) is 29.3 Å². The molecule has 0 spiro atoms. The van der Waals surface area contributed by atoms with Crippen LogP contribution in [-0.2, 0) is 0 Å². The second-order valence-corrected chi connectivity index (χ2v) is 10.1. The lowest BCUT2D eigenvalue weighted by atomic mass is 10.0. The summed E-state index contributed by atoms with van der Waals surface area (Å²) in [5.74, 6) is -2.39. The number of rotatable bonds is 4. The molecular weight excluding hydrogens is 557 g/mol. The molecule has 0 amide bonds. The minimum atomic E-state index is -0.969. The van der Waals surface area contributed by atoms with Crippen LogP contribution < -0.4 is 0 Å². The van der Waals surface area contributed by atoms with Crippen molar-refractivity contribution in [1.29, 1.82) is 0 Å². The highest BCUT2D eigenvalue weighted by Crippen LogP contribution is 2.42. The summed E-state index contributed by atoms with van der Waals surface area (Å²) in [7, 11) is 0. The Morgan fingerprint density at radius 1 is 0.477 bits per heavy atom. The molecule has 9 rings (SSSR count). The van der Waals surface area contributed by atoms with Gasteiger partial charge in [0.25, 0.3) is 0 Å².